The molecule has 1 saturated carbocycles. The van der Waals surface area contributed by atoms with E-state index in [0.717, 1.165) is 12.3 Å². The second-order valence-electron chi connectivity index (χ2n) is 5.99. The second-order valence-corrected chi connectivity index (χ2v) is 5.99. The highest BCUT2D eigenvalue weighted by molar-refractivity contribution is 5.89. The molecule has 1 aliphatic rings. The van der Waals surface area contributed by atoms with Crippen LogP contribution in [0.15, 0.2) is 24.3 Å². The highest BCUT2D eigenvalue weighted by Gasteiger charge is 2.16. The molecule has 1 fully saturated rings. The average molecular weight is 305 g/mol. The molecule has 0 radical (unpaired) electrons. The Morgan fingerprint density at radius 1 is 1.23 bits per heavy atom. The molecule has 1 aromatic carbocycles. The Morgan fingerprint density at radius 3 is 2.64 bits per heavy atom. The van der Waals surface area contributed by atoms with Gasteiger partial charge in [-0.2, -0.15) is 0 Å². The first-order valence-electron chi connectivity index (χ1n) is 8.22. The van der Waals surface area contributed by atoms with Gasteiger partial charge in [0.05, 0.1) is 12.7 Å². The molecule has 4 heteroatoms. The van der Waals surface area contributed by atoms with Crippen LogP contribution in [0.2, 0.25) is 0 Å². The van der Waals surface area contributed by atoms with E-state index >= 15 is 0 Å². The Bertz CT molecular complexity index is 467. The lowest BCUT2D eigenvalue weighted by molar-refractivity contribution is 0.0600. The highest BCUT2D eigenvalue weighted by Crippen LogP contribution is 2.21. The first-order valence-corrected chi connectivity index (χ1v) is 8.22. The summed E-state index contributed by atoms with van der Waals surface area (Å²) in [5.74, 6) is 0.387. The fraction of sp³-hybridized carbons (Fsp3) is 0.611. The summed E-state index contributed by atoms with van der Waals surface area (Å²) in [4.78, 5) is 13.9. The maximum absolute atomic E-state index is 11.5. The first kappa shape index (κ1) is 16.8. The molecule has 0 aromatic heterocycles. The molecule has 1 aromatic rings. The molecular weight excluding hydrogens is 278 g/mol. The van der Waals surface area contributed by atoms with Crippen LogP contribution in [-0.2, 0) is 4.74 Å². The number of benzene rings is 1. The molecule has 0 aliphatic heterocycles. The Labute approximate surface area is 133 Å². The van der Waals surface area contributed by atoms with Gasteiger partial charge in [0, 0.05) is 12.6 Å². The van der Waals surface area contributed by atoms with E-state index in [-0.39, 0.29) is 5.97 Å². The molecule has 0 unspecified atom stereocenters. The molecule has 22 heavy (non-hydrogen) atoms. The van der Waals surface area contributed by atoms with Crippen molar-refractivity contribution in [2.24, 2.45) is 0 Å². The van der Waals surface area contributed by atoms with E-state index in [9.17, 15) is 4.79 Å². The van der Waals surface area contributed by atoms with Crippen molar-refractivity contribution in [3.63, 3.8) is 0 Å². The minimum atomic E-state index is -0.332. The summed E-state index contributed by atoms with van der Waals surface area (Å²) in [7, 11) is 3.57. The summed E-state index contributed by atoms with van der Waals surface area (Å²) < 4.78 is 10.5. The molecule has 0 amide bonds. The minimum Gasteiger partial charge on any atom is -0.492 e. The molecule has 0 spiro atoms. The van der Waals surface area contributed by atoms with Gasteiger partial charge in [0.15, 0.2) is 0 Å². The Morgan fingerprint density at radius 2 is 1.95 bits per heavy atom. The Kier molecular flexibility index (Phi) is 6.72. The van der Waals surface area contributed by atoms with Crippen LogP contribution in [0.5, 0.6) is 5.75 Å². The van der Waals surface area contributed by atoms with Crippen molar-refractivity contribution >= 4 is 5.97 Å². The summed E-state index contributed by atoms with van der Waals surface area (Å²) in [6.07, 6.45) is 8.04. The lowest BCUT2D eigenvalue weighted by Crippen LogP contribution is -2.34. The van der Waals surface area contributed by atoms with Gasteiger partial charge in [-0.1, -0.05) is 31.7 Å². The summed E-state index contributed by atoms with van der Waals surface area (Å²) in [6, 6.07) is 7.84. The summed E-state index contributed by atoms with van der Waals surface area (Å²) in [5.41, 5.74) is 0.525. The van der Waals surface area contributed by atoms with Crippen LogP contribution in [0.25, 0.3) is 0 Å². The third-order valence-corrected chi connectivity index (χ3v) is 4.42. The topological polar surface area (TPSA) is 38.8 Å². The Hall–Kier alpha value is -1.55. The van der Waals surface area contributed by atoms with Crippen LogP contribution in [0, 0.1) is 0 Å². The summed E-state index contributed by atoms with van der Waals surface area (Å²) in [6.45, 7) is 1.55. The van der Waals surface area contributed by atoms with E-state index < -0.39 is 0 Å². The third kappa shape index (κ3) is 5.02. The monoisotopic (exact) mass is 305 g/mol. The molecule has 0 heterocycles. The molecular formula is C18H27NO3. The number of ether oxygens (including phenoxy) is 2. The number of nitrogens with zero attached hydrogens (tertiary/aromatic N) is 1. The molecule has 0 atom stereocenters. The van der Waals surface area contributed by atoms with Crippen LogP contribution in [0.1, 0.15) is 48.9 Å². The molecule has 0 bridgehead atoms. The van der Waals surface area contributed by atoms with Gasteiger partial charge in [0.1, 0.15) is 12.4 Å². The second kappa shape index (κ2) is 8.79. The first-order chi connectivity index (χ1) is 10.7. The van der Waals surface area contributed by atoms with Gasteiger partial charge >= 0.3 is 5.97 Å². The smallest absolute Gasteiger partial charge is 0.337 e. The lowest BCUT2D eigenvalue weighted by Gasteiger charge is -2.26. The van der Waals surface area contributed by atoms with Gasteiger partial charge in [-0.3, -0.25) is 0 Å². The Balaban J connectivity index is 1.79. The van der Waals surface area contributed by atoms with Crippen molar-refractivity contribution < 1.29 is 14.3 Å². The zero-order chi connectivity index (χ0) is 15.8. The average Bonchev–Trinajstić information content (AvgIpc) is 2.83. The predicted molar refractivity (Wildman–Crippen MR) is 87.4 cm³/mol. The third-order valence-electron chi connectivity index (χ3n) is 4.42. The molecule has 2 rings (SSSR count). The van der Waals surface area contributed by atoms with Crippen molar-refractivity contribution in [3.05, 3.63) is 29.8 Å². The van der Waals surface area contributed by atoms with E-state index in [0.29, 0.717) is 18.2 Å². The zero-order valence-electron chi connectivity index (χ0n) is 13.7. The molecule has 0 saturated heterocycles. The maximum atomic E-state index is 11.5. The standard InChI is InChI=1S/C18H27NO3/c1-19(16-9-5-3-4-6-10-16)12-13-22-17-11-7-8-15(14-17)18(20)21-2/h7-8,11,14,16H,3-6,9-10,12-13H2,1-2H3. The highest BCUT2D eigenvalue weighted by atomic mass is 16.5. The number of hydrogen-bond donors (Lipinski definition) is 0. The van der Waals surface area contributed by atoms with Crippen molar-refractivity contribution in [1.82, 2.24) is 4.90 Å². The van der Waals surface area contributed by atoms with Gasteiger partial charge in [-0.25, -0.2) is 4.79 Å². The van der Waals surface area contributed by atoms with Crippen molar-refractivity contribution in [2.45, 2.75) is 44.6 Å². The van der Waals surface area contributed by atoms with E-state index in [2.05, 4.69) is 11.9 Å². The van der Waals surface area contributed by atoms with Crippen molar-refractivity contribution in [3.8, 4) is 5.75 Å². The number of esters is 1. The summed E-state index contributed by atoms with van der Waals surface area (Å²) >= 11 is 0. The number of carbonyl (C=O) groups excluding carboxylic acids is 1. The van der Waals surface area contributed by atoms with Crippen LogP contribution in [-0.4, -0.2) is 44.2 Å². The van der Waals surface area contributed by atoms with Gasteiger partial charge in [-0.05, 0) is 38.1 Å². The fourth-order valence-corrected chi connectivity index (χ4v) is 3.02. The molecule has 1 aliphatic carbocycles. The van der Waals surface area contributed by atoms with Gasteiger partial charge in [0.2, 0.25) is 0 Å². The van der Waals surface area contributed by atoms with E-state index in [1.807, 2.05) is 12.1 Å². The van der Waals surface area contributed by atoms with Crippen molar-refractivity contribution in [1.29, 1.82) is 0 Å². The van der Waals surface area contributed by atoms with Gasteiger partial charge < -0.3 is 14.4 Å². The van der Waals surface area contributed by atoms with Crippen molar-refractivity contribution in [2.75, 3.05) is 27.3 Å². The maximum Gasteiger partial charge on any atom is 0.337 e. The van der Waals surface area contributed by atoms with Crippen LogP contribution >= 0.6 is 0 Å². The molecule has 0 N–H and O–H groups in total. The largest absolute Gasteiger partial charge is 0.492 e. The lowest BCUT2D eigenvalue weighted by atomic mass is 10.1. The van der Waals surface area contributed by atoms with E-state index in [1.54, 1.807) is 12.1 Å². The number of methoxy groups -OCH3 is 1. The molecule has 122 valence electrons. The quantitative estimate of drug-likeness (QED) is 0.595. The number of carbonyl (C=O) groups is 1. The number of rotatable bonds is 6. The predicted octanol–water partition coefficient (Wildman–Crippen LogP) is 3.51. The van der Waals surface area contributed by atoms with E-state index in [4.69, 9.17) is 9.47 Å². The molecule has 4 nitrogen and oxygen atoms in total. The van der Waals surface area contributed by atoms with Crippen LogP contribution < -0.4 is 4.74 Å². The van der Waals surface area contributed by atoms with Gasteiger partial charge in [-0.15, -0.1) is 0 Å². The zero-order valence-corrected chi connectivity index (χ0v) is 13.7. The van der Waals surface area contributed by atoms with E-state index in [1.165, 1.54) is 45.6 Å². The van der Waals surface area contributed by atoms with Gasteiger partial charge in [0.25, 0.3) is 0 Å². The number of likely N-dealkylation sites (N-methyl/N-ethyl adjacent to an activating group) is 1. The summed E-state index contributed by atoms with van der Waals surface area (Å²) in [5, 5.41) is 0. The minimum absolute atomic E-state index is 0.332. The number of hydrogen-bond acceptors (Lipinski definition) is 4. The van der Waals surface area contributed by atoms with Crippen LogP contribution in [0.4, 0.5) is 0 Å². The SMILES string of the molecule is COC(=O)c1cccc(OCCN(C)C2CCCCCC2)c1. The van der Waals surface area contributed by atoms with Crippen LogP contribution in [0.3, 0.4) is 0 Å². The fourth-order valence-electron chi connectivity index (χ4n) is 3.02. The normalized spacial score (nSPS) is 16.3.